The van der Waals surface area contributed by atoms with Crippen LogP contribution in [0.1, 0.15) is 25.6 Å². The molecule has 3 rings (SSSR count). The van der Waals surface area contributed by atoms with Crippen molar-refractivity contribution in [2.45, 2.75) is 29.6 Å². The summed E-state index contributed by atoms with van der Waals surface area (Å²) < 4.78 is -1.89. The monoisotopic (exact) mass is 444 g/mol. The number of likely N-dealkylation sites (N-methyl/N-ethyl adjacent to an activating group) is 1. The minimum absolute atomic E-state index is 0.0780. The molecular formula is C17H19Cl3N6O2. The van der Waals surface area contributed by atoms with E-state index in [9.17, 15) is 10.1 Å². The van der Waals surface area contributed by atoms with E-state index < -0.39 is 8.72 Å². The summed E-state index contributed by atoms with van der Waals surface area (Å²) in [5.41, 5.74) is 0.0945. The van der Waals surface area contributed by atoms with Gasteiger partial charge in [-0.2, -0.15) is 9.97 Å². The first-order valence-corrected chi connectivity index (χ1v) is 9.97. The van der Waals surface area contributed by atoms with Crippen molar-refractivity contribution >= 4 is 46.4 Å². The molecule has 1 atom stereocenters. The molecule has 11 heteroatoms. The highest BCUT2D eigenvalue weighted by Gasteiger charge is 2.30. The van der Waals surface area contributed by atoms with Gasteiger partial charge in [0.2, 0.25) is 9.74 Å². The first kappa shape index (κ1) is 21.0. The maximum absolute atomic E-state index is 11.4. The maximum atomic E-state index is 11.4. The van der Waals surface area contributed by atoms with E-state index in [4.69, 9.17) is 34.8 Å². The van der Waals surface area contributed by atoms with Crippen LogP contribution in [0.3, 0.4) is 0 Å². The zero-order valence-electron chi connectivity index (χ0n) is 15.1. The Labute approximate surface area is 177 Å². The molecule has 2 heterocycles. The zero-order valence-corrected chi connectivity index (χ0v) is 17.4. The van der Waals surface area contributed by atoms with E-state index >= 15 is 0 Å². The van der Waals surface area contributed by atoms with E-state index in [0.717, 1.165) is 32.5 Å². The Morgan fingerprint density at radius 2 is 2.04 bits per heavy atom. The van der Waals surface area contributed by atoms with Crippen molar-refractivity contribution < 1.29 is 4.92 Å². The van der Waals surface area contributed by atoms with Crippen LogP contribution >= 0.6 is 34.8 Å². The van der Waals surface area contributed by atoms with Crippen LogP contribution in [-0.2, 0) is 3.79 Å². The van der Waals surface area contributed by atoms with Crippen LogP contribution in [0.5, 0.6) is 0 Å². The first-order chi connectivity index (χ1) is 13.3. The van der Waals surface area contributed by atoms with Crippen LogP contribution < -0.4 is 5.32 Å². The third kappa shape index (κ3) is 5.00. The number of aromatic nitrogens is 3. The number of halogens is 3. The van der Waals surface area contributed by atoms with E-state index in [-0.39, 0.29) is 34.9 Å². The van der Waals surface area contributed by atoms with Gasteiger partial charge in [0.25, 0.3) is 5.69 Å². The van der Waals surface area contributed by atoms with E-state index in [1.807, 2.05) is 0 Å². The summed E-state index contributed by atoms with van der Waals surface area (Å²) in [4.78, 5) is 26.0. The van der Waals surface area contributed by atoms with Gasteiger partial charge in [0.1, 0.15) is 0 Å². The number of nitrogens with zero attached hydrogens (tertiary/aromatic N) is 5. The molecule has 0 amide bonds. The first-order valence-electron chi connectivity index (χ1n) is 8.84. The van der Waals surface area contributed by atoms with Gasteiger partial charge in [-0.3, -0.25) is 10.1 Å². The molecule has 1 unspecified atom stereocenters. The van der Waals surface area contributed by atoms with Gasteiger partial charge in [-0.05, 0) is 32.0 Å². The van der Waals surface area contributed by atoms with Gasteiger partial charge in [0, 0.05) is 18.7 Å². The predicted octanol–water partition coefficient (Wildman–Crippen LogP) is 4.17. The Morgan fingerprint density at radius 1 is 1.29 bits per heavy atom. The van der Waals surface area contributed by atoms with Crippen LogP contribution in [0.15, 0.2) is 24.3 Å². The van der Waals surface area contributed by atoms with Crippen molar-refractivity contribution in [3.63, 3.8) is 0 Å². The number of nitro benzene ring substituents is 1. The van der Waals surface area contributed by atoms with Gasteiger partial charge in [0.05, 0.1) is 10.5 Å². The summed E-state index contributed by atoms with van der Waals surface area (Å²) in [6.45, 7) is 4.95. The molecule has 0 aliphatic carbocycles. The number of hydrogen-bond donors (Lipinski definition) is 1. The molecule has 1 aliphatic rings. The van der Waals surface area contributed by atoms with Crippen LogP contribution in [-0.4, -0.2) is 50.5 Å². The topological polar surface area (TPSA) is 97.1 Å². The molecule has 1 aromatic carbocycles. The summed E-state index contributed by atoms with van der Waals surface area (Å²) in [5.74, 6) is 0.216. The summed E-state index contributed by atoms with van der Waals surface area (Å²) in [6.07, 6.45) is 2.00. The van der Waals surface area contributed by atoms with Crippen molar-refractivity contribution in [1.29, 1.82) is 0 Å². The third-order valence-electron chi connectivity index (χ3n) is 4.52. The average molecular weight is 446 g/mol. The number of rotatable bonds is 5. The van der Waals surface area contributed by atoms with Crippen LogP contribution in [0.4, 0.5) is 11.6 Å². The van der Waals surface area contributed by atoms with E-state index in [0.29, 0.717) is 0 Å². The molecule has 1 aliphatic heterocycles. The quantitative estimate of drug-likeness (QED) is 0.419. The molecule has 0 saturated carbocycles. The van der Waals surface area contributed by atoms with Crippen LogP contribution in [0, 0.1) is 10.1 Å². The molecule has 1 N–H and O–H groups in total. The second-order valence-corrected chi connectivity index (χ2v) is 8.74. The average Bonchev–Trinajstić information content (AvgIpc) is 2.67. The maximum Gasteiger partial charge on any atom is 0.280 e. The van der Waals surface area contributed by atoms with Crippen molar-refractivity contribution in [1.82, 2.24) is 19.9 Å². The number of para-hydroxylation sites is 1. The Hall–Kier alpha value is -1.74. The minimum atomic E-state index is -1.89. The lowest BCUT2D eigenvalue weighted by molar-refractivity contribution is -0.384. The fraction of sp³-hybridized carbons (Fsp3) is 0.471. The Morgan fingerprint density at radius 3 is 2.71 bits per heavy atom. The Bertz CT molecular complexity index is 861. The number of nitrogens with one attached hydrogen (secondary N) is 1. The molecule has 1 saturated heterocycles. The van der Waals surface area contributed by atoms with Crippen molar-refractivity contribution in [2.75, 3.05) is 25.0 Å². The number of benzene rings is 1. The number of piperidine rings is 1. The minimum Gasteiger partial charge on any atom is -0.350 e. The number of hydrogen-bond acceptors (Lipinski definition) is 7. The molecule has 28 heavy (non-hydrogen) atoms. The Kier molecular flexibility index (Phi) is 6.54. The second-order valence-electron chi connectivity index (χ2n) is 6.45. The summed E-state index contributed by atoms with van der Waals surface area (Å²) in [5, 5.41) is 14.6. The van der Waals surface area contributed by atoms with Gasteiger partial charge in [-0.25, -0.2) is 4.98 Å². The van der Waals surface area contributed by atoms with E-state index in [2.05, 4.69) is 32.1 Å². The molecule has 0 spiro atoms. The summed E-state index contributed by atoms with van der Waals surface area (Å²) in [7, 11) is 0. The summed E-state index contributed by atoms with van der Waals surface area (Å²) >= 11 is 18.0. The second kappa shape index (κ2) is 8.73. The van der Waals surface area contributed by atoms with E-state index in [1.54, 1.807) is 18.2 Å². The molecule has 1 fully saturated rings. The lowest BCUT2D eigenvalue weighted by Gasteiger charge is -2.32. The SMILES string of the molecule is CCN1CCCC(Nc2nc(-c3ccccc3[N+](=O)[O-])nc(C(Cl)(Cl)Cl)n2)C1. The lowest BCUT2D eigenvalue weighted by Crippen LogP contribution is -2.42. The normalized spacial score (nSPS) is 18.1. The Balaban J connectivity index is 2.00. The van der Waals surface area contributed by atoms with Gasteiger partial charge < -0.3 is 10.2 Å². The molecule has 150 valence electrons. The van der Waals surface area contributed by atoms with Gasteiger partial charge >= 0.3 is 0 Å². The number of anilines is 1. The lowest BCUT2D eigenvalue weighted by atomic mass is 10.1. The number of nitro groups is 1. The van der Waals surface area contributed by atoms with Crippen molar-refractivity contribution in [2.24, 2.45) is 0 Å². The summed E-state index contributed by atoms with van der Waals surface area (Å²) in [6, 6.07) is 6.28. The van der Waals surface area contributed by atoms with Crippen LogP contribution in [0.25, 0.3) is 11.4 Å². The highest BCUT2D eigenvalue weighted by molar-refractivity contribution is 6.66. The smallest absolute Gasteiger partial charge is 0.280 e. The third-order valence-corrected chi connectivity index (χ3v) is 5.02. The fourth-order valence-electron chi connectivity index (χ4n) is 3.15. The highest BCUT2D eigenvalue weighted by Crippen LogP contribution is 2.37. The van der Waals surface area contributed by atoms with Crippen LogP contribution in [0.2, 0.25) is 0 Å². The molecular weight excluding hydrogens is 427 g/mol. The number of alkyl halides is 3. The standard InChI is InChI=1S/C17H19Cl3N6O2/c1-2-25-9-5-6-11(10-25)21-16-23-14(22-15(24-16)17(18,19)20)12-7-3-4-8-13(12)26(27)28/h3-4,7-8,11H,2,5-6,9-10H2,1H3,(H,21,22,23,24). The van der Waals surface area contributed by atoms with E-state index in [1.165, 1.54) is 6.07 Å². The molecule has 0 radical (unpaired) electrons. The zero-order chi connectivity index (χ0) is 20.3. The highest BCUT2D eigenvalue weighted by atomic mass is 35.6. The van der Waals surface area contributed by atoms with Gasteiger partial charge in [0.15, 0.2) is 11.6 Å². The number of likely N-dealkylation sites (tertiary alicyclic amines) is 1. The molecule has 0 bridgehead atoms. The van der Waals surface area contributed by atoms with Crippen molar-refractivity contribution in [3.05, 3.63) is 40.2 Å². The van der Waals surface area contributed by atoms with Crippen molar-refractivity contribution in [3.8, 4) is 11.4 Å². The largest absolute Gasteiger partial charge is 0.350 e. The fourth-order valence-corrected chi connectivity index (χ4v) is 3.41. The van der Waals surface area contributed by atoms with Gasteiger partial charge in [-0.15, -0.1) is 0 Å². The van der Waals surface area contributed by atoms with Gasteiger partial charge in [-0.1, -0.05) is 53.9 Å². The predicted molar refractivity (Wildman–Crippen MR) is 110 cm³/mol. The molecule has 1 aromatic heterocycles. The molecule has 8 nitrogen and oxygen atoms in total. The molecule has 2 aromatic rings.